The number of aromatic amines is 1. The molecular formula is C11H11N3O. The Morgan fingerprint density at radius 3 is 2.87 bits per heavy atom. The lowest BCUT2D eigenvalue weighted by Crippen LogP contribution is -2.13. The van der Waals surface area contributed by atoms with E-state index < -0.39 is 0 Å². The smallest absolute Gasteiger partial charge is 0.290 e. The van der Waals surface area contributed by atoms with E-state index in [1.807, 2.05) is 31.2 Å². The van der Waals surface area contributed by atoms with Gasteiger partial charge >= 0.3 is 0 Å². The number of nitrogens with zero attached hydrogens (tertiary/aromatic N) is 1. The van der Waals surface area contributed by atoms with E-state index in [0.29, 0.717) is 5.69 Å². The molecule has 1 heterocycles. The van der Waals surface area contributed by atoms with Gasteiger partial charge in [-0.2, -0.15) is 0 Å². The van der Waals surface area contributed by atoms with Crippen molar-refractivity contribution in [2.45, 2.75) is 6.92 Å². The van der Waals surface area contributed by atoms with E-state index in [2.05, 4.69) is 9.97 Å². The van der Waals surface area contributed by atoms with Crippen LogP contribution < -0.4 is 11.3 Å². The summed E-state index contributed by atoms with van der Waals surface area (Å²) < 4.78 is 0. The highest BCUT2D eigenvalue weighted by Gasteiger charge is 2.01. The van der Waals surface area contributed by atoms with E-state index >= 15 is 0 Å². The summed E-state index contributed by atoms with van der Waals surface area (Å²) in [6.45, 7) is 1.99. The molecule has 4 heteroatoms. The second-order valence-electron chi connectivity index (χ2n) is 3.38. The molecule has 0 aliphatic carbocycles. The topological polar surface area (TPSA) is 71.8 Å². The van der Waals surface area contributed by atoms with Crippen molar-refractivity contribution in [1.82, 2.24) is 9.97 Å². The highest BCUT2D eigenvalue weighted by atomic mass is 16.1. The Hall–Kier alpha value is -2.10. The third-order valence-corrected chi connectivity index (χ3v) is 2.14. The predicted octanol–water partition coefficient (Wildman–Crippen LogP) is 1.33. The van der Waals surface area contributed by atoms with Crippen LogP contribution in [0.5, 0.6) is 0 Å². The van der Waals surface area contributed by atoms with Gasteiger partial charge in [-0.1, -0.05) is 23.8 Å². The highest BCUT2D eigenvalue weighted by molar-refractivity contribution is 5.59. The molecular weight excluding hydrogens is 190 g/mol. The number of anilines is 1. The van der Waals surface area contributed by atoms with Gasteiger partial charge in [0.25, 0.3) is 5.56 Å². The van der Waals surface area contributed by atoms with E-state index in [9.17, 15) is 4.79 Å². The number of benzene rings is 1. The van der Waals surface area contributed by atoms with Crippen LogP contribution in [0, 0.1) is 6.92 Å². The molecule has 2 aromatic rings. The zero-order chi connectivity index (χ0) is 10.8. The Balaban J connectivity index is 2.55. The van der Waals surface area contributed by atoms with Crippen LogP contribution in [0.2, 0.25) is 0 Å². The quantitative estimate of drug-likeness (QED) is 0.731. The minimum absolute atomic E-state index is 0.00796. The maximum Gasteiger partial charge on any atom is 0.290 e. The number of aryl methyl sites for hydroxylation is 1. The number of hydrogen-bond donors (Lipinski definition) is 2. The molecule has 0 radical (unpaired) electrons. The fraction of sp³-hybridized carbons (Fsp3) is 0.0909. The van der Waals surface area contributed by atoms with Gasteiger partial charge in [0.05, 0.1) is 11.9 Å². The van der Waals surface area contributed by atoms with Crippen LogP contribution in [0.25, 0.3) is 11.3 Å². The zero-order valence-electron chi connectivity index (χ0n) is 8.32. The van der Waals surface area contributed by atoms with Crippen LogP contribution in [-0.4, -0.2) is 9.97 Å². The van der Waals surface area contributed by atoms with Gasteiger partial charge < -0.3 is 10.7 Å². The molecule has 0 unspecified atom stereocenters. The number of nitrogen functional groups attached to an aromatic ring is 1. The zero-order valence-corrected chi connectivity index (χ0v) is 8.32. The van der Waals surface area contributed by atoms with Crippen molar-refractivity contribution in [3.63, 3.8) is 0 Å². The van der Waals surface area contributed by atoms with Gasteiger partial charge in [0.1, 0.15) is 0 Å². The largest absolute Gasteiger partial charge is 0.379 e. The van der Waals surface area contributed by atoms with Crippen LogP contribution in [0.1, 0.15) is 5.56 Å². The summed E-state index contributed by atoms with van der Waals surface area (Å²) in [4.78, 5) is 17.7. The van der Waals surface area contributed by atoms with Crippen LogP contribution >= 0.6 is 0 Å². The van der Waals surface area contributed by atoms with Crippen molar-refractivity contribution in [3.8, 4) is 11.3 Å². The molecule has 15 heavy (non-hydrogen) atoms. The van der Waals surface area contributed by atoms with Crippen molar-refractivity contribution >= 4 is 5.82 Å². The van der Waals surface area contributed by atoms with Gasteiger partial charge in [0, 0.05) is 0 Å². The SMILES string of the molecule is Cc1cccc(-c2cnc(N)c(=O)[nH]2)c1. The lowest BCUT2D eigenvalue weighted by molar-refractivity contribution is 1.15. The van der Waals surface area contributed by atoms with Gasteiger partial charge in [-0.25, -0.2) is 4.98 Å². The molecule has 76 valence electrons. The Labute approximate surface area is 86.8 Å². The van der Waals surface area contributed by atoms with Crippen LogP contribution in [0.4, 0.5) is 5.82 Å². The summed E-state index contributed by atoms with van der Waals surface area (Å²) in [5, 5.41) is 0. The minimum Gasteiger partial charge on any atom is -0.379 e. The second kappa shape index (κ2) is 3.57. The number of nitrogens with one attached hydrogen (secondary N) is 1. The molecule has 0 atom stereocenters. The summed E-state index contributed by atoms with van der Waals surface area (Å²) in [5.74, 6) is -0.00796. The number of nitrogens with two attached hydrogens (primary N) is 1. The number of rotatable bonds is 1. The Morgan fingerprint density at radius 1 is 1.40 bits per heavy atom. The van der Waals surface area contributed by atoms with E-state index in [0.717, 1.165) is 11.1 Å². The van der Waals surface area contributed by atoms with Gasteiger partial charge in [0.2, 0.25) is 0 Å². The van der Waals surface area contributed by atoms with E-state index in [1.54, 1.807) is 6.20 Å². The Bertz CT molecular complexity index is 546. The van der Waals surface area contributed by atoms with Gasteiger partial charge in [-0.15, -0.1) is 0 Å². The van der Waals surface area contributed by atoms with Crippen LogP contribution in [0.3, 0.4) is 0 Å². The summed E-state index contributed by atoms with van der Waals surface area (Å²) in [6, 6.07) is 7.81. The number of aromatic nitrogens is 2. The molecule has 0 bridgehead atoms. The molecule has 0 aliphatic heterocycles. The molecule has 0 spiro atoms. The first-order chi connectivity index (χ1) is 7.16. The summed E-state index contributed by atoms with van der Waals surface area (Å²) in [5.41, 5.74) is 7.73. The van der Waals surface area contributed by atoms with Gasteiger partial charge in [-0.05, 0) is 18.6 Å². The fourth-order valence-corrected chi connectivity index (χ4v) is 1.37. The summed E-state index contributed by atoms with van der Waals surface area (Å²) in [6.07, 6.45) is 1.56. The summed E-state index contributed by atoms with van der Waals surface area (Å²) in [7, 11) is 0. The Kier molecular flexibility index (Phi) is 2.25. The average molecular weight is 201 g/mol. The van der Waals surface area contributed by atoms with E-state index in [-0.39, 0.29) is 11.4 Å². The maximum atomic E-state index is 11.3. The fourth-order valence-electron chi connectivity index (χ4n) is 1.37. The van der Waals surface area contributed by atoms with Crippen LogP contribution in [-0.2, 0) is 0 Å². The number of H-pyrrole nitrogens is 1. The standard InChI is InChI=1S/C11H11N3O/c1-7-3-2-4-8(5-7)9-6-13-10(12)11(15)14-9/h2-6H,1H3,(H2,12,13)(H,14,15). The van der Waals surface area contributed by atoms with Crippen molar-refractivity contribution in [2.75, 3.05) is 5.73 Å². The normalized spacial score (nSPS) is 10.2. The molecule has 3 N–H and O–H groups in total. The third kappa shape index (κ3) is 1.88. The first-order valence-electron chi connectivity index (χ1n) is 4.58. The average Bonchev–Trinajstić information content (AvgIpc) is 2.22. The van der Waals surface area contributed by atoms with Crippen LogP contribution in [0.15, 0.2) is 35.3 Å². The monoisotopic (exact) mass is 201 g/mol. The van der Waals surface area contributed by atoms with Gasteiger partial charge in [0.15, 0.2) is 5.82 Å². The molecule has 0 fully saturated rings. The number of hydrogen-bond acceptors (Lipinski definition) is 3. The lowest BCUT2D eigenvalue weighted by atomic mass is 10.1. The molecule has 2 rings (SSSR count). The molecule has 0 aliphatic rings. The predicted molar refractivity (Wildman–Crippen MR) is 59.4 cm³/mol. The van der Waals surface area contributed by atoms with E-state index in [4.69, 9.17) is 5.73 Å². The molecule has 0 saturated carbocycles. The van der Waals surface area contributed by atoms with Crippen molar-refractivity contribution in [1.29, 1.82) is 0 Å². The van der Waals surface area contributed by atoms with Crippen molar-refractivity contribution < 1.29 is 0 Å². The van der Waals surface area contributed by atoms with Crippen molar-refractivity contribution in [3.05, 3.63) is 46.4 Å². The first kappa shape index (κ1) is 9.45. The summed E-state index contributed by atoms with van der Waals surface area (Å²) >= 11 is 0. The molecule has 4 nitrogen and oxygen atoms in total. The second-order valence-corrected chi connectivity index (χ2v) is 3.38. The highest BCUT2D eigenvalue weighted by Crippen LogP contribution is 2.15. The van der Waals surface area contributed by atoms with Crippen molar-refractivity contribution in [2.24, 2.45) is 0 Å². The first-order valence-corrected chi connectivity index (χ1v) is 4.58. The minimum atomic E-state index is -0.353. The lowest BCUT2D eigenvalue weighted by Gasteiger charge is -2.02. The molecule has 1 aromatic carbocycles. The Morgan fingerprint density at radius 2 is 2.20 bits per heavy atom. The molecule has 0 saturated heterocycles. The molecule has 1 aromatic heterocycles. The maximum absolute atomic E-state index is 11.3. The van der Waals surface area contributed by atoms with Gasteiger partial charge in [-0.3, -0.25) is 4.79 Å². The van der Waals surface area contributed by atoms with E-state index in [1.165, 1.54) is 0 Å². The third-order valence-electron chi connectivity index (χ3n) is 2.14. The molecule has 0 amide bonds.